The topological polar surface area (TPSA) is 9.23 Å². The van der Waals surface area contributed by atoms with E-state index in [1.807, 2.05) is 7.11 Å². The second-order valence-electron chi connectivity index (χ2n) is 7.39. The summed E-state index contributed by atoms with van der Waals surface area (Å²) in [6, 6.07) is 0. The van der Waals surface area contributed by atoms with E-state index in [4.69, 9.17) is 4.74 Å². The summed E-state index contributed by atoms with van der Waals surface area (Å²) in [5.41, 5.74) is 0.879. The molecule has 0 aliphatic heterocycles. The fraction of sp³-hybridized carbons (Fsp3) is 1.00. The highest BCUT2D eigenvalue weighted by Crippen LogP contribution is 2.80. The Morgan fingerprint density at radius 3 is 2.41 bits per heavy atom. The molecule has 0 N–H and O–H groups in total. The maximum Gasteiger partial charge on any atom is 0.0738 e. The van der Waals surface area contributed by atoms with Gasteiger partial charge in [-0.2, -0.15) is 0 Å². The molecule has 3 rings (SSSR count). The smallest absolute Gasteiger partial charge is 0.0738 e. The lowest BCUT2D eigenvalue weighted by Gasteiger charge is -2.45. The normalized spacial score (nSPS) is 56.8. The summed E-state index contributed by atoms with van der Waals surface area (Å²) < 4.78 is 6.12. The summed E-state index contributed by atoms with van der Waals surface area (Å²) in [6.45, 7) is 9.72. The van der Waals surface area contributed by atoms with Crippen LogP contribution in [-0.4, -0.2) is 12.7 Å². The van der Waals surface area contributed by atoms with Crippen LogP contribution in [0.1, 0.15) is 53.4 Å². The Morgan fingerprint density at radius 2 is 1.82 bits per heavy atom. The van der Waals surface area contributed by atoms with Crippen molar-refractivity contribution in [2.75, 3.05) is 7.11 Å². The van der Waals surface area contributed by atoms with Gasteiger partial charge in [0.05, 0.1) is 5.60 Å². The molecule has 1 nitrogen and oxygen atoms in total. The minimum atomic E-state index is 0.200. The van der Waals surface area contributed by atoms with Crippen LogP contribution in [-0.2, 0) is 4.74 Å². The molecule has 0 radical (unpaired) electrons. The summed E-state index contributed by atoms with van der Waals surface area (Å²) in [6.07, 6.45) is 5.61. The van der Waals surface area contributed by atoms with Crippen molar-refractivity contribution in [3.8, 4) is 0 Å². The summed E-state index contributed by atoms with van der Waals surface area (Å²) in [5.74, 6) is 4.38. The molecule has 0 bridgehead atoms. The number of ether oxygens (including phenoxy) is 1. The second kappa shape index (κ2) is 3.50. The first-order chi connectivity index (χ1) is 8.00. The van der Waals surface area contributed by atoms with E-state index in [2.05, 4.69) is 27.7 Å². The van der Waals surface area contributed by atoms with Crippen molar-refractivity contribution in [3.05, 3.63) is 0 Å². The number of methoxy groups -OCH3 is 1. The quantitative estimate of drug-likeness (QED) is 0.701. The Labute approximate surface area is 106 Å². The van der Waals surface area contributed by atoms with Gasteiger partial charge in [0.2, 0.25) is 0 Å². The average molecular weight is 236 g/mol. The molecule has 0 aromatic carbocycles. The molecule has 1 unspecified atom stereocenters. The molecule has 6 atom stereocenters. The molecule has 1 heteroatoms. The molecule has 3 saturated carbocycles. The van der Waals surface area contributed by atoms with E-state index < -0.39 is 0 Å². The van der Waals surface area contributed by atoms with Crippen molar-refractivity contribution in [1.82, 2.24) is 0 Å². The summed E-state index contributed by atoms with van der Waals surface area (Å²) in [7, 11) is 1.96. The first-order valence-corrected chi connectivity index (χ1v) is 7.56. The van der Waals surface area contributed by atoms with Crippen molar-refractivity contribution in [2.24, 2.45) is 35.0 Å². The fourth-order valence-electron chi connectivity index (χ4n) is 5.95. The van der Waals surface area contributed by atoms with Gasteiger partial charge < -0.3 is 4.74 Å². The third kappa shape index (κ3) is 1.20. The zero-order valence-electron chi connectivity index (χ0n) is 12.1. The number of hydrogen-bond acceptors (Lipinski definition) is 1. The van der Waals surface area contributed by atoms with Crippen molar-refractivity contribution in [2.45, 2.75) is 59.0 Å². The number of rotatable bonds is 2. The Kier molecular flexibility index (Phi) is 2.47. The molecule has 98 valence electrons. The molecule has 0 heterocycles. The zero-order valence-corrected chi connectivity index (χ0v) is 12.1. The van der Waals surface area contributed by atoms with Crippen molar-refractivity contribution >= 4 is 0 Å². The molecule has 3 aliphatic rings. The molecule has 3 fully saturated rings. The van der Waals surface area contributed by atoms with Gasteiger partial charge in [0.25, 0.3) is 0 Å². The average Bonchev–Trinajstić information content (AvgIpc) is 2.89. The maximum atomic E-state index is 6.12. The van der Waals surface area contributed by atoms with Gasteiger partial charge in [-0.15, -0.1) is 0 Å². The highest BCUT2D eigenvalue weighted by molar-refractivity contribution is 5.26. The molecule has 17 heavy (non-hydrogen) atoms. The van der Waals surface area contributed by atoms with Gasteiger partial charge >= 0.3 is 0 Å². The molecule has 0 amide bonds. The van der Waals surface area contributed by atoms with E-state index in [-0.39, 0.29) is 5.60 Å². The highest BCUT2D eigenvalue weighted by atomic mass is 16.5. The van der Waals surface area contributed by atoms with Crippen molar-refractivity contribution in [1.29, 1.82) is 0 Å². The van der Waals surface area contributed by atoms with E-state index in [0.29, 0.717) is 11.3 Å². The number of hydrogen-bond donors (Lipinski definition) is 0. The Hall–Kier alpha value is -0.0400. The first-order valence-electron chi connectivity index (χ1n) is 7.56. The summed E-state index contributed by atoms with van der Waals surface area (Å²) in [4.78, 5) is 0. The second-order valence-corrected chi connectivity index (χ2v) is 7.39. The van der Waals surface area contributed by atoms with E-state index in [1.54, 1.807) is 0 Å². The lowest BCUT2D eigenvalue weighted by atomic mass is 9.67. The molecular formula is C16H28O. The van der Waals surface area contributed by atoms with Gasteiger partial charge in [-0.3, -0.25) is 0 Å². The molecule has 1 spiro atoms. The first kappa shape index (κ1) is 12.0. The van der Waals surface area contributed by atoms with E-state index in [0.717, 1.165) is 23.7 Å². The van der Waals surface area contributed by atoms with Gasteiger partial charge in [0.15, 0.2) is 0 Å². The summed E-state index contributed by atoms with van der Waals surface area (Å²) in [5, 5.41) is 0. The van der Waals surface area contributed by atoms with Crippen LogP contribution < -0.4 is 0 Å². The molecule has 0 aromatic rings. The lowest BCUT2D eigenvalue weighted by Crippen LogP contribution is -2.46. The monoisotopic (exact) mass is 236 g/mol. The van der Waals surface area contributed by atoms with Crippen LogP contribution in [0.15, 0.2) is 0 Å². The van der Waals surface area contributed by atoms with Gasteiger partial charge in [0.1, 0.15) is 0 Å². The van der Waals surface area contributed by atoms with Gasteiger partial charge in [-0.25, -0.2) is 0 Å². The largest absolute Gasteiger partial charge is 0.378 e. The predicted octanol–water partition coefficient (Wildman–Crippen LogP) is 4.12. The molecule has 0 saturated heterocycles. The van der Waals surface area contributed by atoms with E-state index in [9.17, 15) is 0 Å². The summed E-state index contributed by atoms with van der Waals surface area (Å²) >= 11 is 0. The van der Waals surface area contributed by atoms with Gasteiger partial charge in [-0.1, -0.05) is 27.7 Å². The minimum absolute atomic E-state index is 0.200. The maximum absolute atomic E-state index is 6.12. The van der Waals surface area contributed by atoms with Crippen LogP contribution in [0.25, 0.3) is 0 Å². The fourth-order valence-corrected chi connectivity index (χ4v) is 5.95. The van der Waals surface area contributed by atoms with Crippen LogP contribution in [0.3, 0.4) is 0 Å². The standard InChI is InChI=1S/C16H28O/c1-10(2)16(17-5)9-7-12(4)15-8-6-11(3)13(15)14(15)16/h10-14H,6-9H2,1-5H3/t11-,12+,13+,14+,15-,16?/m1/s1. The third-order valence-electron chi connectivity index (χ3n) is 6.86. The predicted molar refractivity (Wildman–Crippen MR) is 70.8 cm³/mol. The van der Waals surface area contributed by atoms with Crippen LogP contribution in [0, 0.1) is 35.0 Å². The van der Waals surface area contributed by atoms with Crippen molar-refractivity contribution < 1.29 is 4.74 Å². The molecule has 0 aromatic heterocycles. The number of fused-ring (bicyclic) bond motifs is 1. The van der Waals surface area contributed by atoms with Crippen LogP contribution in [0.4, 0.5) is 0 Å². The molecule has 3 aliphatic carbocycles. The SMILES string of the molecule is COC1(C(C)C)CC[C@H](C)[C@]23CC[C@@H](C)[C@H]2[C@H]13. The Bertz CT molecular complexity index is 323. The lowest BCUT2D eigenvalue weighted by molar-refractivity contribution is -0.110. The minimum Gasteiger partial charge on any atom is -0.378 e. The van der Waals surface area contributed by atoms with Gasteiger partial charge in [-0.05, 0) is 60.7 Å². The van der Waals surface area contributed by atoms with Crippen molar-refractivity contribution in [3.63, 3.8) is 0 Å². The third-order valence-corrected chi connectivity index (χ3v) is 6.86. The van der Waals surface area contributed by atoms with Crippen LogP contribution in [0.5, 0.6) is 0 Å². The van der Waals surface area contributed by atoms with Crippen LogP contribution in [0.2, 0.25) is 0 Å². The highest BCUT2D eigenvalue weighted by Gasteiger charge is 2.78. The van der Waals surface area contributed by atoms with Gasteiger partial charge in [0, 0.05) is 7.11 Å². The Morgan fingerprint density at radius 1 is 1.12 bits per heavy atom. The van der Waals surface area contributed by atoms with E-state index >= 15 is 0 Å². The van der Waals surface area contributed by atoms with Crippen LogP contribution >= 0.6 is 0 Å². The molecular weight excluding hydrogens is 208 g/mol. The Balaban J connectivity index is 1.98. The van der Waals surface area contributed by atoms with E-state index in [1.165, 1.54) is 25.7 Å². The zero-order chi connectivity index (χ0) is 12.4.